The van der Waals surface area contributed by atoms with Gasteiger partial charge >= 0.3 is 0 Å². The number of nitrogens with two attached hydrogens (primary N) is 1. The number of anilines is 1. The second-order valence-electron chi connectivity index (χ2n) is 2.96. The van der Waals surface area contributed by atoms with E-state index in [1.54, 1.807) is 0 Å². The zero-order chi connectivity index (χ0) is 9.42. The van der Waals surface area contributed by atoms with Crippen LogP contribution in [-0.2, 0) is 0 Å². The van der Waals surface area contributed by atoms with Gasteiger partial charge in [-0.05, 0) is 33.8 Å². The molecule has 0 saturated carbocycles. The Kier molecular flexibility index (Phi) is 1.96. The van der Waals surface area contributed by atoms with E-state index < -0.39 is 0 Å². The fourth-order valence-electron chi connectivity index (χ4n) is 1.39. The minimum atomic E-state index is 0.577. The van der Waals surface area contributed by atoms with Gasteiger partial charge in [-0.2, -0.15) is 0 Å². The quantitative estimate of drug-likeness (QED) is 0.715. The SMILES string of the molecule is Cc1c(Br)nc(N)c2ccccc12. The third-order valence-corrected chi connectivity index (χ3v) is 2.91. The molecule has 0 atom stereocenters. The van der Waals surface area contributed by atoms with Crippen LogP contribution in [0.4, 0.5) is 5.82 Å². The first-order valence-electron chi connectivity index (χ1n) is 4.00. The predicted molar refractivity (Wildman–Crippen MR) is 58.6 cm³/mol. The number of nitrogens with zero attached hydrogens (tertiary/aromatic N) is 1. The maximum absolute atomic E-state index is 5.78. The summed E-state index contributed by atoms with van der Waals surface area (Å²) in [7, 11) is 0. The van der Waals surface area contributed by atoms with E-state index in [4.69, 9.17) is 5.73 Å². The average molecular weight is 237 g/mol. The molecule has 13 heavy (non-hydrogen) atoms. The lowest BCUT2D eigenvalue weighted by Gasteiger charge is -2.05. The molecule has 3 heteroatoms. The second-order valence-corrected chi connectivity index (χ2v) is 3.71. The van der Waals surface area contributed by atoms with Gasteiger partial charge in [-0.3, -0.25) is 0 Å². The number of hydrogen-bond acceptors (Lipinski definition) is 2. The van der Waals surface area contributed by atoms with Gasteiger partial charge < -0.3 is 5.73 Å². The van der Waals surface area contributed by atoms with Gasteiger partial charge in [0.1, 0.15) is 10.4 Å². The second kappa shape index (κ2) is 3.00. The van der Waals surface area contributed by atoms with Crippen LogP contribution in [0.3, 0.4) is 0 Å². The third kappa shape index (κ3) is 1.29. The largest absolute Gasteiger partial charge is 0.383 e. The van der Waals surface area contributed by atoms with Crippen molar-refractivity contribution in [1.82, 2.24) is 4.98 Å². The molecule has 0 unspecified atom stereocenters. The Bertz CT molecular complexity index is 466. The van der Waals surface area contributed by atoms with Crippen LogP contribution in [0.15, 0.2) is 28.9 Å². The fraction of sp³-hybridized carbons (Fsp3) is 0.100. The van der Waals surface area contributed by atoms with Gasteiger partial charge in [0, 0.05) is 5.39 Å². The van der Waals surface area contributed by atoms with Crippen LogP contribution in [0.5, 0.6) is 0 Å². The van der Waals surface area contributed by atoms with Gasteiger partial charge in [-0.15, -0.1) is 0 Å². The zero-order valence-corrected chi connectivity index (χ0v) is 8.80. The Morgan fingerprint density at radius 2 is 1.85 bits per heavy atom. The van der Waals surface area contributed by atoms with Crippen molar-refractivity contribution in [3.05, 3.63) is 34.4 Å². The Labute approximate surface area is 84.9 Å². The lowest BCUT2D eigenvalue weighted by molar-refractivity contribution is 1.26. The van der Waals surface area contributed by atoms with E-state index in [0.29, 0.717) is 5.82 Å². The number of pyridine rings is 1. The van der Waals surface area contributed by atoms with Crippen molar-refractivity contribution in [1.29, 1.82) is 0 Å². The van der Waals surface area contributed by atoms with Crippen LogP contribution >= 0.6 is 15.9 Å². The highest BCUT2D eigenvalue weighted by atomic mass is 79.9. The molecule has 2 N–H and O–H groups in total. The molecule has 2 nitrogen and oxygen atoms in total. The van der Waals surface area contributed by atoms with E-state index in [2.05, 4.69) is 20.9 Å². The summed E-state index contributed by atoms with van der Waals surface area (Å²) >= 11 is 3.38. The molecule has 2 rings (SSSR count). The zero-order valence-electron chi connectivity index (χ0n) is 7.21. The van der Waals surface area contributed by atoms with Gasteiger partial charge in [0.15, 0.2) is 0 Å². The highest BCUT2D eigenvalue weighted by Gasteiger charge is 2.05. The molecule has 0 radical (unpaired) electrons. The molecule has 0 amide bonds. The maximum atomic E-state index is 5.78. The minimum absolute atomic E-state index is 0.577. The number of aromatic nitrogens is 1. The molecule has 1 aromatic heterocycles. The van der Waals surface area contributed by atoms with E-state index >= 15 is 0 Å². The number of benzene rings is 1. The van der Waals surface area contributed by atoms with Gasteiger partial charge in [0.2, 0.25) is 0 Å². The molecule has 0 aliphatic rings. The summed E-state index contributed by atoms with van der Waals surface area (Å²) in [5.74, 6) is 0.577. The summed E-state index contributed by atoms with van der Waals surface area (Å²) in [4.78, 5) is 4.20. The first kappa shape index (κ1) is 8.51. The molecule has 0 aliphatic carbocycles. The molecule has 2 aromatic rings. The number of rotatable bonds is 0. The van der Waals surface area contributed by atoms with Crippen molar-refractivity contribution < 1.29 is 0 Å². The molecule has 1 aromatic carbocycles. The smallest absolute Gasteiger partial charge is 0.132 e. The summed E-state index contributed by atoms with van der Waals surface area (Å²) < 4.78 is 0.823. The van der Waals surface area contributed by atoms with Crippen molar-refractivity contribution in [3.8, 4) is 0 Å². The molecule has 0 saturated heterocycles. The number of fused-ring (bicyclic) bond motifs is 1. The lowest BCUT2D eigenvalue weighted by Crippen LogP contribution is -1.94. The standard InChI is InChI=1S/C10H9BrN2/c1-6-7-4-2-3-5-8(7)10(12)13-9(6)11/h2-5H,1H3,(H2,12,13). The van der Waals surface area contributed by atoms with Gasteiger partial charge in [-0.25, -0.2) is 4.98 Å². The van der Waals surface area contributed by atoms with Gasteiger partial charge in [0.05, 0.1) is 0 Å². The molecule has 0 spiro atoms. The first-order valence-corrected chi connectivity index (χ1v) is 4.80. The maximum Gasteiger partial charge on any atom is 0.132 e. The van der Waals surface area contributed by atoms with Crippen molar-refractivity contribution in [3.63, 3.8) is 0 Å². The lowest BCUT2D eigenvalue weighted by atomic mass is 10.1. The van der Waals surface area contributed by atoms with Gasteiger partial charge in [-0.1, -0.05) is 24.3 Å². The van der Waals surface area contributed by atoms with Crippen molar-refractivity contribution in [2.45, 2.75) is 6.92 Å². The summed E-state index contributed by atoms with van der Waals surface area (Å²) in [5.41, 5.74) is 6.91. The van der Waals surface area contributed by atoms with Crippen molar-refractivity contribution in [2.75, 3.05) is 5.73 Å². The van der Waals surface area contributed by atoms with E-state index in [0.717, 1.165) is 20.9 Å². The first-order chi connectivity index (χ1) is 6.20. The third-order valence-electron chi connectivity index (χ3n) is 2.14. The number of halogens is 1. The predicted octanol–water partition coefficient (Wildman–Crippen LogP) is 2.89. The van der Waals surface area contributed by atoms with Crippen LogP contribution < -0.4 is 5.73 Å². The average Bonchev–Trinajstić information content (AvgIpc) is 2.15. The van der Waals surface area contributed by atoms with Crippen LogP contribution in [0.25, 0.3) is 10.8 Å². The summed E-state index contributed by atoms with van der Waals surface area (Å²) in [5, 5.41) is 2.17. The highest BCUT2D eigenvalue weighted by molar-refractivity contribution is 9.10. The van der Waals surface area contributed by atoms with Gasteiger partial charge in [0.25, 0.3) is 0 Å². The number of aryl methyl sites for hydroxylation is 1. The van der Waals surface area contributed by atoms with E-state index in [9.17, 15) is 0 Å². The monoisotopic (exact) mass is 236 g/mol. The Hall–Kier alpha value is -1.09. The van der Waals surface area contributed by atoms with Crippen molar-refractivity contribution >= 4 is 32.5 Å². The van der Waals surface area contributed by atoms with Crippen LogP contribution in [-0.4, -0.2) is 4.98 Å². The Morgan fingerprint density at radius 1 is 1.23 bits per heavy atom. The Morgan fingerprint density at radius 3 is 2.54 bits per heavy atom. The van der Waals surface area contributed by atoms with Crippen LogP contribution in [0.2, 0.25) is 0 Å². The molecule has 0 aliphatic heterocycles. The van der Waals surface area contributed by atoms with E-state index in [-0.39, 0.29) is 0 Å². The molecule has 0 bridgehead atoms. The van der Waals surface area contributed by atoms with E-state index in [1.165, 1.54) is 0 Å². The molecule has 0 fully saturated rings. The summed E-state index contributed by atoms with van der Waals surface area (Å²) in [6.07, 6.45) is 0. The molecule has 1 heterocycles. The fourth-order valence-corrected chi connectivity index (χ4v) is 1.80. The summed E-state index contributed by atoms with van der Waals surface area (Å²) in [6.45, 7) is 2.03. The highest BCUT2D eigenvalue weighted by Crippen LogP contribution is 2.27. The van der Waals surface area contributed by atoms with Crippen LogP contribution in [0.1, 0.15) is 5.56 Å². The Balaban J connectivity index is 2.97. The molecular weight excluding hydrogens is 228 g/mol. The number of hydrogen-bond donors (Lipinski definition) is 1. The minimum Gasteiger partial charge on any atom is -0.383 e. The number of nitrogen functional groups attached to an aromatic ring is 1. The normalized spacial score (nSPS) is 10.6. The van der Waals surface area contributed by atoms with Crippen molar-refractivity contribution in [2.24, 2.45) is 0 Å². The van der Waals surface area contributed by atoms with E-state index in [1.807, 2.05) is 31.2 Å². The molecule has 66 valence electrons. The summed E-state index contributed by atoms with van der Waals surface area (Å²) in [6, 6.07) is 8.00. The molecular formula is C10H9BrN2. The topological polar surface area (TPSA) is 38.9 Å². The van der Waals surface area contributed by atoms with Crippen LogP contribution in [0, 0.1) is 6.92 Å².